The summed E-state index contributed by atoms with van der Waals surface area (Å²) in [7, 11) is 0. The highest BCUT2D eigenvalue weighted by atomic mass is 16.5. The smallest absolute Gasteiger partial charge is 0.251 e. The lowest BCUT2D eigenvalue weighted by Gasteiger charge is -2.26. The summed E-state index contributed by atoms with van der Waals surface area (Å²) in [5, 5.41) is 7.54. The number of amides is 1. The van der Waals surface area contributed by atoms with Crippen molar-refractivity contribution in [2.45, 2.75) is 13.8 Å². The van der Waals surface area contributed by atoms with E-state index in [4.69, 9.17) is 4.74 Å². The molecule has 2 heterocycles. The standard InChI is InChI=1S/C24H28N4O2/c1-18-3-4-22(17-23(18)28-11-9-19(2)26-28)20-5-7-21(8-6-20)24(29)25-10-12-27-13-15-30-16-14-27/h3-9,11,17H,10,12-16H2,1-2H3,(H,25,29). The third-order valence-electron chi connectivity index (χ3n) is 5.48. The molecule has 6 heteroatoms. The Kier molecular flexibility index (Phi) is 6.26. The number of nitrogens with zero attached hydrogens (tertiary/aromatic N) is 3. The van der Waals surface area contributed by atoms with Gasteiger partial charge < -0.3 is 10.1 Å². The van der Waals surface area contributed by atoms with E-state index in [9.17, 15) is 4.79 Å². The van der Waals surface area contributed by atoms with Crippen LogP contribution in [0.5, 0.6) is 0 Å². The second-order valence-electron chi connectivity index (χ2n) is 7.69. The maximum atomic E-state index is 12.5. The molecule has 30 heavy (non-hydrogen) atoms. The van der Waals surface area contributed by atoms with E-state index in [-0.39, 0.29) is 5.91 Å². The van der Waals surface area contributed by atoms with Crippen LogP contribution < -0.4 is 5.32 Å². The maximum absolute atomic E-state index is 12.5. The number of aryl methyl sites for hydroxylation is 2. The summed E-state index contributed by atoms with van der Waals surface area (Å²) in [6.45, 7) is 8.98. The van der Waals surface area contributed by atoms with Crippen LogP contribution in [0.1, 0.15) is 21.6 Å². The van der Waals surface area contributed by atoms with Gasteiger partial charge in [0.15, 0.2) is 0 Å². The SMILES string of the molecule is Cc1ccn(-c2cc(-c3ccc(C(=O)NCCN4CCOCC4)cc3)ccc2C)n1. The van der Waals surface area contributed by atoms with Gasteiger partial charge in [-0.05, 0) is 54.8 Å². The number of morpholine rings is 1. The Hall–Kier alpha value is -2.96. The van der Waals surface area contributed by atoms with Gasteiger partial charge in [0.2, 0.25) is 0 Å². The molecule has 0 bridgehead atoms. The quantitative estimate of drug-likeness (QED) is 0.685. The van der Waals surface area contributed by atoms with E-state index in [0.717, 1.165) is 60.9 Å². The number of carbonyl (C=O) groups excluding carboxylic acids is 1. The van der Waals surface area contributed by atoms with E-state index >= 15 is 0 Å². The van der Waals surface area contributed by atoms with E-state index in [1.54, 1.807) is 0 Å². The van der Waals surface area contributed by atoms with Gasteiger partial charge in [0.05, 0.1) is 24.6 Å². The zero-order valence-corrected chi connectivity index (χ0v) is 17.6. The molecule has 0 atom stereocenters. The van der Waals surface area contributed by atoms with Crippen molar-refractivity contribution in [3.8, 4) is 16.8 Å². The van der Waals surface area contributed by atoms with Gasteiger partial charge in [0.25, 0.3) is 5.91 Å². The molecule has 0 radical (unpaired) electrons. The normalized spacial score (nSPS) is 14.6. The first-order valence-corrected chi connectivity index (χ1v) is 10.4. The number of aromatic nitrogens is 2. The average Bonchev–Trinajstić information content (AvgIpc) is 3.21. The lowest BCUT2D eigenvalue weighted by atomic mass is 10.0. The molecule has 0 saturated carbocycles. The van der Waals surface area contributed by atoms with Crippen molar-refractivity contribution in [1.82, 2.24) is 20.0 Å². The average molecular weight is 405 g/mol. The predicted molar refractivity (Wildman–Crippen MR) is 118 cm³/mol. The Morgan fingerprint density at radius 2 is 1.77 bits per heavy atom. The molecule has 1 aliphatic rings. The highest BCUT2D eigenvalue weighted by Crippen LogP contribution is 2.25. The van der Waals surface area contributed by atoms with Crippen molar-refractivity contribution < 1.29 is 9.53 Å². The summed E-state index contributed by atoms with van der Waals surface area (Å²) in [5.74, 6) is -0.0357. The molecule has 1 N–H and O–H groups in total. The molecule has 0 spiro atoms. The molecular formula is C24H28N4O2. The minimum atomic E-state index is -0.0357. The first-order valence-electron chi connectivity index (χ1n) is 10.4. The summed E-state index contributed by atoms with van der Waals surface area (Å²) >= 11 is 0. The lowest BCUT2D eigenvalue weighted by Crippen LogP contribution is -2.41. The van der Waals surface area contributed by atoms with Crippen LogP contribution in [0.25, 0.3) is 16.8 Å². The van der Waals surface area contributed by atoms with Crippen LogP contribution in [-0.2, 0) is 4.74 Å². The largest absolute Gasteiger partial charge is 0.379 e. The van der Waals surface area contributed by atoms with E-state index in [1.807, 2.05) is 48.1 Å². The summed E-state index contributed by atoms with van der Waals surface area (Å²) in [5.41, 5.74) is 6.07. The molecule has 1 aliphatic heterocycles. The number of hydrogen-bond acceptors (Lipinski definition) is 4. The molecule has 4 rings (SSSR count). The first kappa shape index (κ1) is 20.3. The minimum Gasteiger partial charge on any atom is -0.379 e. The van der Waals surface area contributed by atoms with E-state index < -0.39 is 0 Å². The van der Waals surface area contributed by atoms with Gasteiger partial charge in [-0.3, -0.25) is 9.69 Å². The van der Waals surface area contributed by atoms with Crippen LogP contribution in [0.2, 0.25) is 0 Å². The topological polar surface area (TPSA) is 59.4 Å². The Morgan fingerprint density at radius 1 is 1.03 bits per heavy atom. The number of hydrogen-bond donors (Lipinski definition) is 1. The Balaban J connectivity index is 1.41. The van der Waals surface area contributed by atoms with Gasteiger partial charge in [-0.2, -0.15) is 5.10 Å². The molecular weight excluding hydrogens is 376 g/mol. The third-order valence-corrected chi connectivity index (χ3v) is 5.48. The van der Waals surface area contributed by atoms with Crippen molar-refractivity contribution in [3.05, 3.63) is 71.5 Å². The predicted octanol–water partition coefficient (Wildman–Crippen LogP) is 3.22. The van der Waals surface area contributed by atoms with Gasteiger partial charge in [-0.1, -0.05) is 24.3 Å². The van der Waals surface area contributed by atoms with E-state index in [0.29, 0.717) is 12.1 Å². The fourth-order valence-electron chi connectivity index (χ4n) is 3.65. The zero-order chi connectivity index (χ0) is 20.9. The molecule has 0 unspecified atom stereocenters. The van der Waals surface area contributed by atoms with Crippen LogP contribution in [0.3, 0.4) is 0 Å². The van der Waals surface area contributed by atoms with Crippen LogP contribution >= 0.6 is 0 Å². The van der Waals surface area contributed by atoms with Gasteiger partial charge in [-0.25, -0.2) is 4.68 Å². The number of nitrogens with one attached hydrogen (secondary N) is 1. The molecule has 156 valence electrons. The molecule has 3 aromatic rings. The first-order chi connectivity index (χ1) is 14.6. The molecule has 6 nitrogen and oxygen atoms in total. The molecule has 1 saturated heterocycles. The van der Waals surface area contributed by atoms with Crippen molar-refractivity contribution in [3.63, 3.8) is 0 Å². The van der Waals surface area contributed by atoms with Crippen LogP contribution in [-0.4, -0.2) is 60.0 Å². The third kappa shape index (κ3) is 4.78. The highest BCUT2D eigenvalue weighted by Gasteiger charge is 2.11. The van der Waals surface area contributed by atoms with Crippen molar-refractivity contribution in [1.29, 1.82) is 0 Å². The van der Waals surface area contributed by atoms with Crippen LogP contribution in [0.15, 0.2) is 54.7 Å². The van der Waals surface area contributed by atoms with Crippen molar-refractivity contribution in [2.75, 3.05) is 39.4 Å². The monoisotopic (exact) mass is 404 g/mol. The second-order valence-corrected chi connectivity index (χ2v) is 7.69. The van der Waals surface area contributed by atoms with E-state index in [1.165, 1.54) is 0 Å². The summed E-state index contributed by atoms with van der Waals surface area (Å²) in [4.78, 5) is 14.8. The fourth-order valence-corrected chi connectivity index (χ4v) is 3.65. The van der Waals surface area contributed by atoms with Crippen molar-refractivity contribution >= 4 is 5.91 Å². The van der Waals surface area contributed by atoms with Crippen molar-refractivity contribution in [2.24, 2.45) is 0 Å². The zero-order valence-electron chi connectivity index (χ0n) is 17.6. The van der Waals surface area contributed by atoms with Gasteiger partial charge >= 0.3 is 0 Å². The molecule has 2 aromatic carbocycles. The summed E-state index contributed by atoms with van der Waals surface area (Å²) in [6.07, 6.45) is 1.98. The Bertz CT molecular complexity index is 1000. The summed E-state index contributed by atoms with van der Waals surface area (Å²) in [6, 6.07) is 16.1. The Labute approximate surface area is 177 Å². The number of carbonyl (C=O) groups is 1. The lowest BCUT2D eigenvalue weighted by molar-refractivity contribution is 0.0383. The molecule has 1 amide bonds. The molecule has 1 fully saturated rings. The van der Waals surface area contributed by atoms with Gasteiger partial charge in [0.1, 0.15) is 0 Å². The molecule has 0 aliphatic carbocycles. The van der Waals surface area contributed by atoms with E-state index in [2.05, 4.69) is 40.4 Å². The van der Waals surface area contributed by atoms with Gasteiger partial charge in [-0.15, -0.1) is 0 Å². The van der Waals surface area contributed by atoms with Crippen LogP contribution in [0, 0.1) is 13.8 Å². The fraction of sp³-hybridized carbons (Fsp3) is 0.333. The second kappa shape index (κ2) is 9.24. The Morgan fingerprint density at radius 3 is 2.47 bits per heavy atom. The maximum Gasteiger partial charge on any atom is 0.251 e. The highest BCUT2D eigenvalue weighted by molar-refractivity contribution is 5.94. The number of ether oxygens (including phenoxy) is 1. The number of benzene rings is 2. The van der Waals surface area contributed by atoms with Crippen LogP contribution in [0.4, 0.5) is 0 Å². The number of rotatable bonds is 6. The van der Waals surface area contributed by atoms with Gasteiger partial charge in [0, 0.05) is 37.9 Å². The summed E-state index contributed by atoms with van der Waals surface area (Å²) < 4.78 is 7.26. The minimum absolute atomic E-state index is 0.0357. The molecule has 1 aromatic heterocycles.